The maximum absolute atomic E-state index is 13.4. The van der Waals surface area contributed by atoms with Gasteiger partial charge in [0.15, 0.2) is 0 Å². The van der Waals surface area contributed by atoms with Crippen LogP contribution in [0.3, 0.4) is 0 Å². The van der Waals surface area contributed by atoms with Gasteiger partial charge in [0.1, 0.15) is 22.9 Å². The largest absolute Gasteiger partial charge is 0.465 e. The molecule has 0 aliphatic heterocycles. The van der Waals surface area contributed by atoms with Crippen LogP contribution in [0.5, 0.6) is 11.5 Å². The second-order valence-corrected chi connectivity index (χ2v) is 4.96. The molecule has 0 aliphatic carbocycles. The van der Waals surface area contributed by atoms with Crippen molar-refractivity contribution in [3.8, 4) is 11.5 Å². The van der Waals surface area contributed by atoms with Gasteiger partial charge >= 0.3 is 5.97 Å². The zero-order valence-corrected chi connectivity index (χ0v) is 12.8. The standard InChI is InChI=1S/C14H9BrFNO5/c1-21-14(18)10-6-8(3-5-13(10)17(19)20)22-9-2-4-11(15)12(16)7-9/h2-7H,1H3. The topological polar surface area (TPSA) is 78.7 Å². The van der Waals surface area contributed by atoms with Crippen molar-refractivity contribution in [2.75, 3.05) is 7.11 Å². The third-order valence-corrected chi connectivity index (χ3v) is 3.34. The summed E-state index contributed by atoms with van der Waals surface area (Å²) >= 11 is 3.01. The van der Waals surface area contributed by atoms with Gasteiger partial charge in [-0.15, -0.1) is 0 Å². The molecular weight excluding hydrogens is 361 g/mol. The van der Waals surface area contributed by atoms with E-state index in [0.717, 1.165) is 19.2 Å². The SMILES string of the molecule is COC(=O)c1cc(Oc2ccc(Br)c(F)c2)ccc1[N+](=O)[O-]. The molecule has 8 heteroatoms. The lowest BCUT2D eigenvalue weighted by Crippen LogP contribution is -2.05. The molecule has 2 aromatic rings. The van der Waals surface area contributed by atoms with Crippen LogP contribution in [0.1, 0.15) is 10.4 Å². The van der Waals surface area contributed by atoms with Crippen molar-refractivity contribution in [3.63, 3.8) is 0 Å². The number of ether oxygens (including phenoxy) is 2. The third kappa shape index (κ3) is 3.40. The molecule has 0 bridgehead atoms. The number of methoxy groups -OCH3 is 1. The molecule has 0 aliphatic rings. The molecule has 0 saturated heterocycles. The van der Waals surface area contributed by atoms with Gasteiger partial charge in [-0.1, -0.05) is 0 Å². The molecule has 2 rings (SSSR count). The highest BCUT2D eigenvalue weighted by Gasteiger charge is 2.22. The third-order valence-electron chi connectivity index (χ3n) is 2.70. The van der Waals surface area contributed by atoms with E-state index in [2.05, 4.69) is 20.7 Å². The average molecular weight is 370 g/mol. The van der Waals surface area contributed by atoms with Crippen LogP contribution in [0.2, 0.25) is 0 Å². The van der Waals surface area contributed by atoms with Crippen LogP contribution < -0.4 is 4.74 Å². The van der Waals surface area contributed by atoms with Crippen LogP contribution in [0.15, 0.2) is 40.9 Å². The van der Waals surface area contributed by atoms with Gasteiger partial charge in [0.05, 0.1) is 16.5 Å². The Hall–Kier alpha value is -2.48. The molecule has 22 heavy (non-hydrogen) atoms. The molecule has 0 unspecified atom stereocenters. The Morgan fingerprint density at radius 2 is 1.86 bits per heavy atom. The minimum Gasteiger partial charge on any atom is -0.465 e. The van der Waals surface area contributed by atoms with E-state index in [-0.39, 0.29) is 21.5 Å². The van der Waals surface area contributed by atoms with Gasteiger partial charge in [-0.25, -0.2) is 9.18 Å². The van der Waals surface area contributed by atoms with Gasteiger partial charge in [-0.2, -0.15) is 0 Å². The van der Waals surface area contributed by atoms with Crippen molar-refractivity contribution in [1.82, 2.24) is 0 Å². The smallest absolute Gasteiger partial charge is 0.345 e. The Labute approximate surface area is 132 Å². The lowest BCUT2D eigenvalue weighted by atomic mass is 10.1. The summed E-state index contributed by atoms with van der Waals surface area (Å²) in [6.07, 6.45) is 0. The van der Waals surface area contributed by atoms with Crippen molar-refractivity contribution < 1.29 is 23.6 Å². The molecule has 0 spiro atoms. The number of nitro benzene ring substituents is 1. The predicted octanol–water partition coefficient (Wildman–Crippen LogP) is 4.08. The first-order valence-electron chi connectivity index (χ1n) is 5.92. The van der Waals surface area contributed by atoms with E-state index >= 15 is 0 Å². The molecule has 0 radical (unpaired) electrons. The number of hydrogen-bond acceptors (Lipinski definition) is 5. The first-order chi connectivity index (χ1) is 10.4. The number of nitrogens with zero attached hydrogens (tertiary/aromatic N) is 1. The Bertz CT molecular complexity index is 750. The zero-order chi connectivity index (χ0) is 16.3. The molecule has 6 nitrogen and oxygen atoms in total. The Morgan fingerprint density at radius 1 is 1.23 bits per heavy atom. The van der Waals surface area contributed by atoms with Gasteiger partial charge in [0.2, 0.25) is 0 Å². The van der Waals surface area contributed by atoms with E-state index in [0.29, 0.717) is 0 Å². The average Bonchev–Trinajstić information content (AvgIpc) is 2.50. The van der Waals surface area contributed by atoms with E-state index in [9.17, 15) is 19.3 Å². The maximum atomic E-state index is 13.4. The van der Waals surface area contributed by atoms with Crippen molar-refractivity contribution >= 4 is 27.6 Å². The summed E-state index contributed by atoms with van der Waals surface area (Å²) in [7, 11) is 1.11. The summed E-state index contributed by atoms with van der Waals surface area (Å²) in [6, 6.07) is 7.71. The summed E-state index contributed by atoms with van der Waals surface area (Å²) in [5.41, 5.74) is -0.649. The predicted molar refractivity (Wildman–Crippen MR) is 78.6 cm³/mol. The minimum atomic E-state index is -0.862. The molecule has 0 N–H and O–H groups in total. The van der Waals surface area contributed by atoms with Crippen LogP contribution in [-0.4, -0.2) is 18.0 Å². The summed E-state index contributed by atoms with van der Waals surface area (Å²) in [6.45, 7) is 0. The Kier molecular flexibility index (Phi) is 4.71. The monoisotopic (exact) mass is 369 g/mol. The van der Waals surface area contributed by atoms with Crippen LogP contribution in [0.4, 0.5) is 10.1 Å². The van der Waals surface area contributed by atoms with E-state index in [1.165, 1.54) is 24.3 Å². The number of rotatable bonds is 4. The van der Waals surface area contributed by atoms with Gasteiger partial charge in [0.25, 0.3) is 5.69 Å². The number of carbonyl (C=O) groups excluding carboxylic acids is 1. The lowest BCUT2D eigenvalue weighted by Gasteiger charge is -2.08. The van der Waals surface area contributed by atoms with Gasteiger partial charge in [-0.3, -0.25) is 10.1 Å². The highest BCUT2D eigenvalue weighted by atomic mass is 79.9. The second-order valence-electron chi connectivity index (χ2n) is 4.11. The quantitative estimate of drug-likeness (QED) is 0.461. The summed E-state index contributed by atoms with van der Waals surface area (Å²) in [4.78, 5) is 21.8. The fraction of sp³-hybridized carbons (Fsp3) is 0.0714. The van der Waals surface area contributed by atoms with Crippen molar-refractivity contribution in [2.45, 2.75) is 0 Å². The summed E-state index contributed by atoms with van der Waals surface area (Å²) in [5, 5.41) is 10.9. The van der Waals surface area contributed by atoms with Crippen LogP contribution in [0.25, 0.3) is 0 Å². The van der Waals surface area contributed by atoms with Crippen LogP contribution >= 0.6 is 15.9 Å². The molecule has 0 aromatic heterocycles. The van der Waals surface area contributed by atoms with E-state index < -0.39 is 22.4 Å². The second kappa shape index (κ2) is 6.52. The van der Waals surface area contributed by atoms with E-state index in [4.69, 9.17) is 4.74 Å². The fourth-order valence-electron chi connectivity index (χ4n) is 1.69. The molecule has 2 aromatic carbocycles. The fourth-order valence-corrected chi connectivity index (χ4v) is 1.93. The Balaban J connectivity index is 2.37. The number of benzene rings is 2. The van der Waals surface area contributed by atoms with Crippen molar-refractivity contribution in [1.29, 1.82) is 0 Å². The van der Waals surface area contributed by atoms with Gasteiger partial charge < -0.3 is 9.47 Å². The first-order valence-corrected chi connectivity index (χ1v) is 6.71. The molecular formula is C14H9BrFNO5. The number of carbonyl (C=O) groups is 1. The lowest BCUT2D eigenvalue weighted by molar-refractivity contribution is -0.385. The summed E-state index contributed by atoms with van der Waals surface area (Å²) in [5.74, 6) is -1.05. The molecule has 0 saturated carbocycles. The maximum Gasteiger partial charge on any atom is 0.345 e. The van der Waals surface area contributed by atoms with E-state index in [1.807, 2.05) is 0 Å². The van der Waals surface area contributed by atoms with Crippen molar-refractivity contribution in [3.05, 3.63) is 62.4 Å². The normalized spacial score (nSPS) is 10.1. The van der Waals surface area contributed by atoms with Crippen LogP contribution in [-0.2, 0) is 4.74 Å². The number of hydrogen-bond donors (Lipinski definition) is 0. The first kappa shape index (κ1) is 15.9. The number of halogens is 2. The number of nitro groups is 1. The summed E-state index contributed by atoms with van der Waals surface area (Å²) < 4.78 is 23.6. The number of esters is 1. The highest BCUT2D eigenvalue weighted by molar-refractivity contribution is 9.10. The molecule has 114 valence electrons. The molecule has 0 fully saturated rings. The van der Waals surface area contributed by atoms with Crippen LogP contribution in [0, 0.1) is 15.9 Å². The molecule has 0 atom stereocenters. The van der Waals surface area contributed by atoms with Gasteiger partial charge in [0, 0.05) is 18.2 Å². The highest BCUT2D eigenvalue weighted by Crippen LogP contribution is 2.29. The van der Waals surface area contributed by atoms with Gasteiger partial charge in [-0.05, 0) is 34.1 Å². The zero-order valence-electron chi connectivity index (χ0n) is 11.2. The van der Waals surface area contributed by atoms with E-state index in [1.54, 1.807) is 0 Å². The Morgan fingerprint density at radius 3 is 2.45 bits per heavy atom. The minimum absolute atomic E-state index is 0.146. The van der Waals surface area contributed by atoms with Crippen molar-refractivity contribution in [2.24, 2.45) is 0 Å². The molecule has 0 amide bonds. The molecule has 0 heterocycles.